The van der Waals surface area contributed by atoms with Gasteiger partial charge in [0.2, 0.25) is 5.91 Å². The van der Waals surface area contributed by atoms with E-state index in [1.54, 1.807) is 12.1 Å². The van der Waals surface area contributed by atoms with E-state index in [0.717, 1.165) is 23.1 Å². The number of nitrogens with one attached hydrogen (secondary N) is 2. The number of halogens is 4. The van der Waals surface area contributed by atoms with Crippen LogP contribution in [0.25, 0.3) is 0 Å². The van der Waals surface area contributed by atoms with Crippen molar-refractivity contribution in [3.05, 3.63) is 83.4 Å². The molecule has 34 heavy (non-hydrogen) atoms. The quantitative estimate of drug-likeness (QED) is 0.320. The lowest BCUT2D eigenvalue weighted by molar-refractivity contribution is -0.137. The Balaban J connectivity index is 1.67. The number of thioether (sulfide) groups is 1. The van der Waals surface area contributed by atoms with Crippen molar-refractivity contribution in [1.82, 2.24) is 0 Å². The molecule has 0 unspecified atom stereocenters. The second-order valence-corrected chi connectivity index (χ2v) is 10.6. The summed E-state index contributed by atoms with van der Waals surface area (Å²) in [5, 5.41) is 2.97. The number of amides is 1. The highest BCUT2D eigenvalue weighted by Gasteiger charge is 2.30. The summed E-state index contributed by atoms with van der Waals surface area (Å²) in [6.07, 6.45) is -4.03. The Bertz CT molecular complexity index is 1250. The topological polar surface area (TPSA) is 75.3 Å². The summed E-state index contributed by atoms with van der Waals surface area (Å²) < 4.78 is 65.9. The van der Waals surface area contributed by atoms with E-state index in [2.05, 4.69) is 10.0 Å². The summed E-state index contributed by atoms with van der Waals surface area (Å²) in [6.45, 7) is 1.88. The van der Waals surface area contributed by atoms with Crippen LogP contribution in [-0.2, 0) is 21.0 Å². The van der Waals surface area contributed by atoms with Crippen LogP contribution in [-0.4, -0.2) is 19.6 Å². The summed E-state index contributed by atoms with van der Waals surface area (Å²) in [5.74, 6) is -0.250. The molecule has 0 aliphatic heterocycles. The zero-order chi connectivity index (χ0) is 24.9. The first-order valence-corrected chi connectivity index (χ1v) is 12.8. The predicted molar refractivity (Wildman–Crippen MR) is 129 cm³/mol. The minimum absolute atomic E-state index is 0.162. The minimum Gasteiger partial charge on any atom is -0.325 e. The van der Waals surface area contributed by atoms with Crippen LogP contribution in [0.1, 0.15) is 18.9 Å². The maximum atomic E-state index is 12.9. The van der Waals surface area contributed by atoms with Gasteiger partial charge in [-0.2, -0.15) is 13.2 Å². The van der Waals surface area contributed by atoms with Crippen molar-refractivity contribution in [3.63, 3.8) is 0 Å². The average molecular weight is 529 g/mol. The first kappa shape index (κ1) is 25.9. The smallest absolute Gasteiger partial charge is 0.325 e. The third-order valence-corrected chi connectivity index (χ3v) is 7.65. The molecule has 0 aliphatic rings. The average Bonchev–Trinajstić information content (AvgIpc) is 2.78. The summed E-state index contributed by atoms with van der Waals surface area (Å²) in [4.78, 5) is 13.4. The van der Waals surface area contributed by atoms with Crippen molar-refractivity contribution in [2.45, 2.75) is 34.6 Å². The lowest BCUT2D eigenvalue weighted by atomic mass is 10.2. The zero-order valence-electron chi connectivity index (χ0n) is 17.8. The molecule has 0 fully saturated rings. The molecule has 0 saturated carbocycles. The summed E-state index contributed by atoms with van der Waals surface area (Å²) in [7, 11) is -4.13. The molecule has 3 rings (SSSR count). The summed E-state index contributed by atoms with van der Waals surface area (Å²) in [5.41, 5.74) is -0.789. The highest BCUT2D eigenvalue weighted by Crippen LogP contribution is 2.31. The van der Waals surface area contributed by atoms with Crippen LogP contribution in [0.15, 0.2) is 82.6 Å². The molecule has 0 spiro atoms. The Hall–Kier alpha value is -2.69. The van der Waals surface area contributed by atoms with Crippen molar-refractivity contribution in [3.8, 4) is 0 Å². The number of alkyl halides is 3. The van der Waals surface area contributed by atoms with Gasteiger partial charge in [-0.1, -0.05) is 24.6 Å². The third-order valence-electron chi connectivity index (χ3n) is 4.63. The molecule has 1 atom stereocenters. The summed E-state index contributed by atoms with van der Waals surface area (Å²) in [6, 6.07) is 16.4. The van der Waals surface area contributed by atoms with Crippen LogP contribution >= 0.6 is 23.4 Å². The van der Waals surface area contributed by atoms with E-state index in [0.29, 0.717) is 17.1 Å². The van der Waals surface area contributed by atoms with Crippen LogP contribution in [0, 0.1) is 0 Å². The Morgan fingerprint density at radius 2 is 1.65 bits per heavy atom. The molecule has 1 amide bonds. The SMILES string of the molecule is CC[C@H](Sc1ccc(Cl)cc1)C(=O)Nc1ccc(S(=O)(=O)Nc2cccc(C(F)(F)F)c2)cc1. The van der Waals surface area contributed by atoms with Gasteiger partial charge in [0, 0.05) is 21.3 Å². The molecule has 0 saturated heterocycles. The van der Waals surface area contributed by atoms with Gasteiger partial charge in [-0.15, -0.1) is 11.8 Å². The van der Waals surface area contributed by atoms with Gasteiger partial charge in [0.1, 0.15) is 0 Å². The fraction of sp³-hybridized carbons (Fsp3) is 0.174. The molecular weight excluding hydrogens is 509 g/mol. The molecule has 11 heteroatoms. The van der Waals surface area contributed by atoms with Gasteiger partial charge in [-0.25, -0.2) is 8.42 Å². The van der Waals surface area contributed by atoms with E-state index in [4.69, 9.17) is 11.6 Å². The molecule has 2 N–H and O–H groups in total. The second-order valence-electron chi connectivity index (χ2n) is 7.17. The van der Waals surface area contributed by atoms with E-state index in [9.17, 15) is 26.4 Å². The molecule has 3 aromatic carbocycles. The van der Waals surface area contributed by atoms with Gasteiger partial charge < -0.3 is 5.32 Å². The van der Waals surface area contributed by atoms with Crippen LogP contribution in [0.2, 0.25) is 5.02 Å². The number of carbonyl (C=O) groups excluding carboxylic acids is 1. The monoisotopic (exact) mass is 528 g/mol. The number of carbonyl (C=O) groups is 1. The Kier molecular flexibility index (Phi) is 8.17. The van der Waals surface area contributed by atoms with Crippen molar-refractivity contribution in [1.29, 1.82) is 0 Å². The molecule has 3 aromatic rings. The number of hydrogen-bond acceptors (Lipinski definition) is 4. The molecule has 0 aromatic heterocycles. The van der Waals surface area contributed by atoms with E-state index in [-0.39, 0.29) is 21.7 Å². The second kappa shape index (κ2) is 10.7. The number of sulfonamides is 1. The van der Waals surface area contributed by atoms with Gasteiger partial charge >= 0.3 is 6.18 Å². The molecule has 180 valence electrons. The number of hydrogen-bond donors (Lipinski definition) is 2. The third kappa shape index (κ3) is 6.91. The maximum absolute atomic E-state index is 12.9. The van der Waals surface area contributed by atoms with Crippen LogP contribution in [0.4, 0.5) is 24.5 Å². The fourth-order valence-corrected chi connectivity index (χ4v) is 5.04. The molecule has 0 bridgehead atoms. The first-order chi connectivity index (χ1) is 16.0. The molecule has 5 nitrogen and oxygen atoms in total. The van der Waals surface area contributed by atoms with Crippen molar-refractivity contribution < 1.29 is 26.4 Å². The van der Waals surface area contributed by atoms with Gasteiger partial charge in [-0.05, 0) is 73.2 Å². The number of benzene rings is 3. The molecule has 0 heterocycles. The first-order valence-electron chi connectivity index (χ1n) is 10.0. The molecule has 0 radical (unpaired) electrons. The lowest BCUT2D eigenvalue weighted by Gasteiger charge is -2.15. The van der Waals surface area contributed by atoms with E-state index >= 15 is 0 Å². The predicted octanol–water partition coefficient (Wildman–Crippen LogP) is 6.67. The maximum Gasteiger partial charge on any atom is 0.416 e. The summed E-state index contributed by atoms with van der Waals surface area (Å²) >= 11 is 7.27. The van der Waals surface area contributed by atoms with E-state index in [1.807, 2.05) is 19.1 Å². The number of anilines is 2. The van der Waals surface area contributed by atoms with Crippen LogP contribution in [0.3, 0.4) is 0 Å². The van der Waals surface area contributed by atoms with Crippen molar-refractivity contribution in [2.24, 2.45) is 0 Å². The Morgan fingerprint density at radius 1 is 1.00 bits per heavy atom. The Labute approximate surface area is 204 Å². The Morgan fingerprint density at radius 3 is 2.24 bits per heavy atom. The fourth-order valence-electron chi connectivity index (χ4n) is 2.91. The lowest BCUT2D eigenvalue weighted by Crippen LogP contribution is -2.24. The molecular formula is C23H20ClF3N2O3S2. The highest BCUT2D eigenvalue weighted by molar-refractivity contribution is 8.00. The van der Waals surface area contributed by atoms with E-state index in [1.165, 1.54) is 42.1 Å². The van der Waals surface area contributed by atoms with Crippen molar-refractivity contribution in [2.75, 3.05) is 10.0 Å². The van der Waals surface area contributed by atoms with Gasteiger partial charge in [0.05, 0.1) is 15.7 Å². The van der Waals surface area contributed by atoms with Gasteiger partial charge in [0.25, 0.3) is 10.0 Å². The largest absolute Gasteiger partial charge is 0.416 e. The standard InChI is InChI=1S/C23H20ClF3N2O3S2/c1-2-21(33-19-10-6-16(24)7-11-19)22(30)28-17-8-12-20(13-9-17)34(31,32)29-18-5-3-4-15(14-18)23(25,26)27/h3-14,21,29H,2H2,1H3,(H,28,30)/t21-/m0/s1. The highest BCUT2D eigenvalue weighted by atomic mass is 35.5. The van der Waals surface area contributed by atoms with Crippen molar-refractivity contribution >= 4 is 50.7 Å². The van der Waals surface area contributed by atoms with Gasteiger partial charge in [-0.3, -0.25) is 9.52 Å². The normalized spacial score (nSPS) is 12.7. The number of rotatable bonds is 8. The minimum atomic E-state index is -4.59. The van der Waals surface area contributed by atoms with Gasteiger partial charge in [0.15, 0.2) is 0 Å². The zero-order valence-corrected chi connectivity index (χ0v) is 20.2. The van der Waals surface area contributed by atoms with E-state index < -0.39 is 21.8 Å². The molecule has 0 aliphatic carbocycles. The van der Waals surface area contributed by atoms with Crippen LogP contribution < -0.4 is 10.0 Å². The van der Waals surface area contributed by atoms with Crippen LogP contribution in [0.5, 0.6) is 0 Å².